The normalized spacial score (nSPS) is 15.3. The summed E-state index contributed by atoms with van der Waals surface area (Å²) in [5.74, 6) is 0. The second-order valence-electron chi connectivity index (χ2n) is 4.43. The molecule has 0 bridgehead atoms. The molecule has 108 valence electrons. The van der Waals surface area contributed by atoms with E-state index < -0.39 is 11.7 Å². The average Bonchev–Trinajstić information content (AvgIpc) is 2.38. The van der Waals surface area contributed by atoms with Gasteiger partial charge < -0.3 is 10.1 Å². The summed E-state index contributed by atoms with van der Waals surface area (Å²) in [6.45, 7) is 1.89. The van der Waals surface area contributed by atoms with Gasteiger partial charge >= 0.3 is 6.18 Å². The summed E-state index contributed by atoms with van der Waals surface area (Å²) in [5.41, 5.74) is -0.451. The maximum Gasteiger partial charge on any atom is 0.416 e. The first-order chi connectivity index (χ1) is 8.90. The number of nitrogens with one attached hydrogen (secondary N) is 1. The van der Waals surface area contributed by atoms with Gasteiger partial charge in [-0.05, 0) is 38.4 Å². The van der Waals surface area contributed by atoms with Crippen LogP contribution in [0.1, 0.15) is 36.9 Å². The Labute approximate surface area is 111 Å². The number of hydrogen-bond acceptors (Lipinski definition) is 3. The molecule has 0 aliphatic heterocycles. The summed E-state index contributed by atoms with van der Waals surface area (Å²) in [6.07, 6.45) is -0.672. The Kier molecular flexibility index (Phi) is 5.75. The highest BCUT2D eigenvalue weighted by Gasteiger charge is 2.35. The fraction of sp³-hybridized carbons (Fsp3) is 0.615. The van der Waals surface area contributed by atoms with E-state index in [1.165, 1.54) is 6.20 Å². The molecular weight excluding hydrogens is 257 g/mol. The molecule has 0 saturated heterocycles. The molecule has 1 N–H and O–H groups in total. The molecule has 19 heavy (non-hydrogen) atoms. The van der Waals surface area contributed by atoms with Gasteiger partial charge in [0, 0.05) is 25.5 Å². The Hall–Kier alpha value is -1.14. The minimum Gasteiger partial charge on any atom is -0.382 e. The van der Waals surface area contributed by atoms with E-state index in [9.17, 15) is 13.2 Å². The van der Waals surface area contributed by atoms with Crippen molar-refractivity contribution < 1.29 is 17.9 Å². The monoisotopic (exact) mass is 276 g/mol. The van der Waals surface area contributed by atoms with Crippen LogP contribution < -0.4 is 5.32 Å². The van der Waals surface area contributed by atoms with Gasteiger partial charge in [-0.25, -0.2) is 0 Å². The smallest absolute Gasteiger partial charge is 0.382 e. The van der Waals surface area contributed by atoms with E-state index in [0.717, 1.165) is 12.3 Å². The van der Waals surface area contributed by atoms with Crippen LogP contribution in [0.25, 0.3) is 0 Å². The lowest BCUT2D eigenvalue weighted by atomic mass is 9.97. The van der Waals surface area contributed by atoms with Crippen molar-refractivity contribution in [1.29, 1.82) is 0 Å². The number of methoxy groups -OCH3 is 1. The van der Waals surface area contributed by atoms with Crippen molar-refractivity contribution in [2.75, 3.05) is 14.2 Å². The van der Waals surface area contributed by atoms with Gasteiger partial charge in [-0.1, -0.05) is 0 Å². The molecule has 1 aromatic rings. The van der Waals surface area contributed by atoms with E-state index in [1.807, 2.05) is 6.92 Å². The summed E-state index contributed by atoms with van der Waals surface area (Å²) < 4.78 is 43.9. The Balaban J connectivity index is 2.92. The molecule has 0 saturated carbocycles. The zero-order valence-electron chi connectivity index (χ0n) is 11.3. The molecule has 3 nitrogen and oxygen atoms in total. The Morgan fingerprint density at radius 3 is 2.58 bits per heavy atom. The first-order valence-electron chi connectivity index (χ1n) is 6.11. The zero-order valence-corrected chi connectivity index (χ0v) is 11.3. The Bertz CT molecular complexity index is 396. The second-order valence-corrected chi connectivity index (χ2v) is 4.43. The van der Waals surface area contributed by atoms with Gasteiger partial charge in [0.2, 0.25) is 0 Å². The Morgan fingerprint density at radius 1 is 1.37 bits per heavy atom. The van der Waals surface area contributed by atoms with Crippen LogP contribution in [0.3, 0.4) is 0 Å². The number of hydrogen-bond donors (Lipinski definition) is 1. The second kappa shape index (κ2) is 6.86. The molecule has 0 amide bonds. The molecule has 2 atom stereocenters. The van der Waals surface area contributed by atoms with Crippen molar-refractivity contribution in [2.24, 2.45) is 0 Å². The van der Waals surface area contributed by atoms with Crippen LogP contribution >= 0.6 is 0 Å². The predicted molar refractivity (Wildman–Crippen MR) is 66.7 cm³/mol. The molecule has 0 aromatic carbocycles. The number of alkyl halides is 3. The van der Waals surface area contributed by atoms with E-state index in [0.29, 0.717) is 12.8 Å². The molecule has 6 heteroatoms. The summed E-state index contributed by atoms with van der Waals surface area (Å²) in [5, 5.41) is 2.91. The Morgan fingerprint density at radius 2 is 2.05 bits per heavy atom. The topological polar surface area (TPSA) is 34.1 Å². The van der Waals surface area contributed by atoms with Crippen molar-refractivity contribution in [1.82, 2.24) is 10.3 Å². The van der Waals surface area contributed by atoms with E-state index in [2.05, 4.69) is 10.3 Å². The number of aromatic nitrogens is 1. The third kappa shape index (κ3) is 4.47. The van der Waals surface area contributed by atoms with E-state index >= 15 is 0 Å². The number of pyridine rings is 1. The van der Waals surface area contributed by atoms with Crippen LogP contribution in [-0.4, -0.2) is 25.2 Å². The first kappa shape index (κ1) is 15.9. The summed E-state index contributed by atoms with van der Waals surface area (Å²) in [7, 11) is 3.24. The summed E-state index contributed by atoms with van der Waals surface area (Å²) >= 11 is 0. The molecule has 0 aliphatic carbocycles. The van der Waals surface area contributed by atoms with Gasteiger partial charge in [0.05, 0.1) is 11.7 Å². The van der Waals surface area contributed by atoms with Crippen LogP contribution in [0.5, 0.6) is 0 Å². The molecule has 2 unspecified atom stereocenters. The van der Waals surface area contributed by atoms with Crippen LogP contribution in [-0.2, 0) is 10.9 Å². The highest BCUT2D eigenvalue weighted by atomic mass is 19.4. The summed E-state index contributed by atoms with van der Waals surface area (Å²) in [6, 6.07) is 0.627. The average molecular weight is 276 g/mol. The van der Waals surface area contributed by atoms with E-state index in [1.54, 1.807) is 14.2 Å². The van der Waals surface area contributed by atoms with Gasteiger partial charge in [-0.15, -0.1) is 0 Å². The number of ether oxygens (including phenoxy) is 1. The number of nitrogens with zero attached hydrogens (tertiary/aromatic N) is 1. The molecule has 0 aliphatic rings. The van der Waals surface area contributed by atoms with Crippen molar-refractivity contribution in [3.05, 3.63) is 29.6 Å². The van der Waals surface area contributed by atoms with Crippen LogP contribution in [0.2, 0.25) is 0 Å². The molecule has 0 radical (unpaired) electrons. The van der Waals surface area contributed by atoms with E-state index in [-0.39, 0.29) is 17.7 Å². The molecule has 1 heterocycles. The fourth-order valence-electron chi connectivity index (χ4n) is 1.92. The highest BCUT2D eigenvalue weighted by Crippen LogP contribution is 2.35. The van der Waals surface area contributed by atoms with Crippen molar-refractivity contribution in [3.8, 4) is 0 Å². The molecular formula is C13H19F3N2O. The van der Waals surface area contributed by atoms with Crippen LogP contribution in [0.15, 0.2) is 18.5 Å². The third-order valence-electron chi connectivity index (χ3n) is 3.15. The van der Waals surface area contributed by atoms with Gasteiger partial charge in [0.15, 0.2) is 0 Å². The minimum absolute atomic E-state index is 0.0156. The van der Waals surface area contributed by atoms with Gasteiger partial charge in [0.25, 0.3) is 0 Å². The molecule has 0 spiro atoms. The largest absolute Gasteiger partial charge is 0.416 e. The van der Waals surface area contributed by atoms with E-state index in [4.69, 9.17) is 4.74 Å². The number of rotatable bonds is 6. The fourth-order valence-corrected chi connectivity index (χ4v) is 1.92. The third-order valence-corrected chi connectivity index (χ3v) is 3.15. The standard InChI is InChI=1S/C13H19F3N2O/c1-9(19-3)4-5-12(17-2)10-8-18-7-6-11(10)13(14,15)16/h6-9,12,17H,4-5H2,1-3H3. The maximum atomic E-state index is 12.9. The van der Waals surface area contributed by atoms with Crippen LogP contribution in [0.4, 0.5) is 13.2 Å². The minimum atomic E-state index is -4.36. The lowest BCUT2D eigenvalue weighted by molar-refractivity contribution is -0.138. The zero-order chi connectivity index (χ0) is 14.5. The number of halogens is 3. The molecule has 1 rings (SSSR count). The van der Waals surface area contributed by atoms with Gasteiger partial charge in [-0.2, -0.15) is 13.2 Å². The highest BCUT2D eigenvalue weighted by molar-refractivity contribution is 5.29. The lowest BCUT2D eigenvalue weighted by Crippen LogP contribution is -2.22. The lowest BCUT2D eigenvalue weighted by Gasteiger charge is -2.22. The first-order valence-corrected chi connectivity index (χ1v) is 6.11. The quantitative estimate of drug-likeness (QED) is 0.866. The van der Waals surface area contributed by atoms with Gasteiger partial charge in [-0.3, -0.25) is 4.98 Å². The summed E-state index contributed by atoms with van der Waals surface area (Å²) in [4.78, 5) is 3.80. The predicted octanol–water partition coefficient (Wildman–Crippen LogP) is 3.18. The molecule has 1 aromatic heterocycles. The van der Waals surface area contributed by atoms with Crippen LogP contribution in [0, 0.1) is 0 Å². The van der Waals surface area contributed by atoms with Crippen molar-refractivity contribution >= 4 is 0 Å². The van der Waals surface area contributed by atoms with Gasteiger partial charge in [0.1, 0.15) is 0 Å². The van der Waals surface area contributed by atoms with Crippen molar-refractivity contribution in [3.63, 3.8) is 0 Å². The van der Waals surface area contributed by atoms with Crippen molar-refractivity contribution in [2.45, 2.75) is 38.1 Å². The molecule has 0 fully saturated rings. The maximum absolute atomic E-state index is 12.9. The SMILES string of the molecule is CNC(CCC(C)OC)c1cnccc1C(F)(F)F.